The minimum absolute atomic E-state index is 0.0165. The van der Waals surface area contributed by atoms with E-state index in [9.17, 15) is 23.3 Å². The highest BCUT2D eigenvalue weighted by atomic mass is 32.2. The van der Waals surface area contributed by atoms with Crippen molar-refractivity contribution in [3.05, 3.63) is 88.0 Å². The monoisotopic (exact) mass is 543 g/mol. The van der Waals surface area contributed by atoms with Gasteiger partial charge in [-0.1, -0.05) is 31.5 Å². The maximum atomic E-state index is 13.2. The van der Waals surface area contributed by atoms with Crippen LogP contribution in [0.4, 0.5) is 11.4 Å². The second-order valence-corrected chi connectivity index (χ2v) is 9.86. The van der Waals surface area contributed by atoms with Crippen molar-refractivity contribution in [2.24, 2.45) is 0 Å². The van der Waals surface area contributed by atoms with Gasteiger partial charge in [0, 0.05) is 25.8 Å². The lowest BCUT2D eigenvalue weighted by Gasteiger charge is -2.19. The molecule has 0 saturated carbocycles. The quantitative estimate of drug-likeness (QED) is 0.0958. The van der Waals surface area contributed by atoms with E-state index < -0.39 is 20.9 Å². The molecule has 11 nitrogen and oxygen atoms in total. The number of hydrogen-bond donors (Lipinski definition) is 2. The zero-order chi connectivity index (χ0) is 27.5. The van der Waals surface area contributed by atoms with Crippen LogP contribution in [-0.2, 0) is 26.1 Å². The molecule has 0 amide bonds. The van der Waals surface area contributed by atoms with Crippen molar-refractivity contribution in [1.82, 2.24) is 4.72 Å². The Kier molecular flexibility index (Phi) is 10.2. The van der Waals surface area contributed by atoms with Crippen molar-refractivity contribution in [3.63, 3.8) is 0 Å². The molecule has 0 atom stereocenters. The molecule has 202 valence electrons. The van der Waals surface area contributed by atoms with E-state index in [4.69, 9.17) is 14.2 Å². The second-order valence-electron chi connectivity index (χ2n) is 8.13. The number of non-ortho nitro benzene ring substituents is 1. The summed E-state index contributed by atoms with van der Waals surface area (Å²) in [4.78, 5) is 23.1. The van der Waals surface area contributed by atoms with Gasteiger partial charge in [-0.25, -0.2) is 13.2 Å². The van der Waals surface area contributed by atoms with E-state index in [2.05, 4.69) is 10.0 Å². The van der Waals surface area contributed by atoms with Gasteiger partial charge < -0.3 is 19.5 Å². The fraction of sp³-hybridized carbons (Fsp3) is 0.269. The van der Waals surface area contributed by atoms with Crippen LogP contribution in [0.2, 0.25) is 0 Å². The van der Waals surface area contributed by atoms with Gasteiger partial charge in [-0.2, -0.15) is 4.72 Å². The van der Waals surface area contributed by atoms with Gasteiger partial charge in [0.2, 0.25) is 10.0 Å². The Labute approximate surface area is 220 Å². The summed E-state index contributed by atoms with van der Waals surface area (Å²) in [7, 11) is -2.83. The van der Waals surface area contributed by atoms with E-state index in [0.29, 0.717) is 23.5 Å². The van der Waals surface area contributed by atoms with Crippen LogP contribution in [0, 0.1) is 10.1 Å². The van der Waals surface area contributed by atoms with Crippen molar-refractivity contribution in [1.29, 1.82) is 0 Å². The molecular weight excluding hydrogens is 514 g/mol. The third-order valence-electron chi connectivity index (χ3n) is 5.30. The van der Waals surface area contributed by atoms with Gasteiger partial charge in [0.25, 0.3) is 5.69 Å². The number of carbonyl (C=O) groups excluding carboxylic acids is 1. The van der Waals surface area contributed by atoms with Gasteiger partial charge in [0.05, 0.1) is 16.2 Å². The maximum Gasteiger partial charge on any atom is 0.338 e. The van der Waals surface area contributed by atoms with Crippen molar-refractivity contribution < 1.29 is 32.3 Å². The van der Waals surface area contributed by atoms with Gasteiger partial charge in [-0.3, -0.25) is 10.1 Å². The summed E-state index contributed by atoms with van der Waals surface area (Å²) in [5.74, 6) is -0.359. The Hall–Kier alpha value is -4.00. The van der Waals surface area contributed by atoms with Crippen molar-refractivity contribution >= 4 is 27.4 Å². The highest BCUT2D eigenvalue weighted by Crippen LogP contribution is 2.38. The number of sulfonamides is 1. The molecule has 0 bridgehead atoms. The summed E-state index contributed by atoms with van der Waals surface area (Å²) < 4.78 is 45.0. The van der Waals surface area contributed by atoms with Crippen LogP contribution in [0.1, 0.15) is 35.7 Å². The fourth-order valence-electron chi connectivity index (χ4n) is 3.32. The van der Waals surface area contributed by atoms with Crippen LogP contribution in [0.3, 0.4) is 0 Å². The molecule has 0 heterocycles. The number of benzene rings is 3. The number of hydrogen-bond acceptors (Lipinski definition) is 9. The van der Waals surface area contributed by atoms with Crippen molar-refractivity contribution in [2.45, 2.75) is 31.3 Å². The highest BCUT2D eigenvalue weighted by molar-refractivity contribution is 7.89. The summed E-state index contributed by atoms with van der Waals surface area (Å²) in [6, 6.07) is 16.9. The van der Waals surface area contributed by atoms with E-state index in [0.717, 1.165) is 12.8 Å². The first-order valence-electron chi connectivity index (χ1n) is 11.8. The third kappa shape index (κ3) is 7.75. The summed E-state index contributed by atoms with van der Waals surface area (Å²) in [6.45, 7) is 2.07. The fourth-order valence-corrected chi connectivity index (χ4v) is 4.43. The minimum atomic E-state index is -4.17. The molecule has 0 aromatic heterocycles. The van der Waals surface area contributed by atoms with Crippen LogP contribution in [0.5, 0.6) is 11.5 Å². The summed E-state index contributed by atoms with van der Waals surface area (Å²) in [6.07, 6.45) is 1.68. The third-order valence-corrected chi connectivity index (χ3v) is 6.68. The Morgan fingerprint density at radius 3 is 2.39 bits per heavy atom. The van der Waals surface area contributed by atoms with Crippen LogP contribution < -0.4 is 14.8 Å². The number of rotatable bonds is 14. The molecule has 0 aliphatic rings. The second kappa shape index (κ2) is 13.5. The Balaban J connectivity index is 1.99. The molecule has 0 aliphatic carbocycles. The standard InChI is InChI=1S/C26H29N3O8S/c1-3-4-14-27-23-15-20(26(30)36-17-19-10-12-21(13-11-19)29(31)32)16-24(38(33,34)28-18-35-2)25(23)37-22-8-6-5-7-9-22/h5-13,15-16,27-28H,3-4,14,17-18H2,1-2H3. The predicted octanol–water partition coefficient (Wildman–Crippen LogP) is 4.84. The molecule has 3 aromatic rings. The zero-order valence-electron chi connectivity index (χ0n) is 21.0. The summed E-state index contributed by atoms with van der Waals surface area (Å²) in [5, 5.41) is 14.0. The summed E-state index contributed by atoms with van der Waals surface area (Å²) >= 11 is 0. The smallest absolute Gasteiger partial charge is 0.338 e. The molecule has 0 unspecified atom stereocenters. The molecule has 12 heteroatoms. The predicted molar refractivity (Wildman–Crippen MR) is 141 cm³/mol. The van der Waals surface area contributed by atoms with Crippen LogP contribution in [0.15, 0.2) is 71.6 Å². The molecule has 0 fully saturated rings. The first kappa shape index (κ1) is 28.6. The lowest BCUT2D eigenvalue weighted by atomic mass is 10.1. The molecule has 2 N–H and O–H groups in total. The van der Waals surface area contributed by atoms with Crippen LogP contribution in [-0.4, -0.2) is 39.7 Å². The zero-order valence-corrected chi connectivity index (χ0v) is 21.8. The first-order valence-corrected chi connectivity index (χ1v) is 13.3. The van der Waals surface area contributed by atoms with E-state index in [-0.39, 0.29) is 35.2 Å². The molecule has 0 saturated heterocycles. The molecule has 0 radical (unpaired) electrons. The number of nitro groups is 1. The molecule has 0 aliphatic heterocycles. The number of para-hydroxylation sites is 1. The van der Waals surface area contributed by atoms with Gasteiger partial charge in [0.1, 0.15) is 24.0 Å². The van der Waals surface area contributed by atoms with Crippen LogP contribution >= 0.6 is 0 Å². The lowest BCUT2D eigenvalue weighted by molar-refractivity contribution is -0.384. The van der Waals surface area contributed by atoms with Gasteiger partial charge in [0.15, 0.2) is 5.75 Å². The number of ether oxygens (including phenoxy) is 3. The van der Waals surface area contributed by atoms with E-state index in [1.54, 1.807) is 30.3 Å². The number of nitro benzene ring substituents is 1. The van der Waals surface area contributed by atoms with E-state index >= 15 is 0 Å². The van der Waals surface area contributed by atoms with Crippen LogP contribution in [0.25, 0.3) is 0 Å². The number of nitrogens with one attached hydrogen (secondary N) is 2. The van der Waals surface area contributed by atoms with Crippen molar-refractivity contribution in [3.8, 4) is 11.5 Å². The average Bonchev–Trinajstić information content (AvgIpc) is 2.92. The normalized spacial score (nSPS) is 11.1. The molecule has 3 rings (SSSR count). The van der Waals surface area contributed by atoms with Gasteiger partial charge in [-0.15, -0.1) is 0 Å². The molecular formula is C26H29N3O8S. The lowest BCUT2D eigenvalue weighted by Crippen LogP contribution is -2.26. The van der Waals surface area contributed by atoms with Gasteiger partial charge >= 0.3 is 5.97 Å². The SMILES string of the molecule is CCCCNc1cc(C(=O)OCc2ccc([N+](=O)[O-])cc2)cc(S(=O)(=O)NCOC)c1Oc1ccccc1. The summed E-state index contributed by atoms with van der Waals surface area (Å²) in [5.41, 5.74) is 0.716. The molecule has 0 spiro atoms. The first-order chi connectivity index (χ1) is 18.2. The number of anilines is 1. The number of carbonyl (C=O) groups is 1. The Bertz CT molecular complexity index is 1350. The number of nitrogens with zero attached hydrogens (tertiary/aromatic N) is 1. The van der Waals surface area contributed by atoms with Gasteiger partial charge in [-0.05, 0) is 48.4 Å². The average molecular weight is 544 g/mol. The van der Waals surface area contributed by atoms with E-state index in [1.807, 2.05) is 6.92 Å². The molecule has 3 aromatic carbocycles. The highest BCUT2D eigenvalue weighted by Gasteiger charge is 2.26. The molecule has 38 heavy (non-hydrogen) atoms. The largest absolute Gasteiger partial charge is 0.457 e. The number of esters is 1. The Morgan fingerprint density at radius 2 is 1.76 bits per heavy atom. The number of methoxy groups -OCH3 is 1. The minimum Gasteiger partial charge on any atom is -0.457 e. The maximum absolute atomic E-state index is 13.2. The number of unbranched alkanes of at least 4 members (excludes halogenated alkanes) is 1. The van der Waals surface area contributed by atoms with E-state index in [1.165, 1.54) is 43.5 Å². The topological polar surface area (TPSA) is 146 Å². The Morgan fingerprint density at radius 1 is 1.05 bits per heavy atom. The van der Waals surface area contributed by atoms with Crippen molar-refractivity contribution in [2.75, 3.05) is 25.7 Å².